The smallest absolute Gasteiger partial charge is 0.325 e. The van der Waals surface area contributed by atoms with Gasteiger partial charge in [0.05, 0.1) is 11.2 Å². The average Bonchev–Trinajstić information content (AvgIpc) is 2.55. The molecular weight excluding hydrogens is 276 g/mol. The maximum atomic E-state index is 11.9. The van der Waals surface area contributed by atoms with Crippen LogP contribution in [0, 0.1) is 0 Å². The highest BCUT2D eigenvalue weighted by molar-refractivity contribution is 5.98. The number of nitrogens with two attached hydrogens (primary N) is 1. The molecule has 5 heteroatoms. The number of aryl methyl sites for hydroxylation is 1. The third kappa shape index (κ3) is 2.61. The molecule has 2 amide bonds. The van der Waals surface area contributed by atoms with Gasteiger partial charge in [-0.15, -0.1) is 0 Å². The van der Waals surface area contributed by atoms with Crippen molar-refractivity contribution in [1.82, 2.24) is 9.97 Å². The summed E-state index contributed by atoms with van der Waals surface area (Å²) in [5, 5.41) is 0.915. The lowest BCUT2D eigenvalue weighted by Gasteiger charge is -2.20. The number of hydrogen-bond acceptors (Lipinski definition) is 3. The molecule has 0 spiro atoms. The summed E-state index contributed by atoms with van der Waals surface area (Å²) in [6.07, 6.45) is 4.29. The van der Waals surface area contributed by atoms with E-state index in [2.05, 4.69) is 16.9 Å². The van der Waals surface area contributed by atoms with Crippen molar-refractivity contribution in [1.29, 1.82) is 0 Å². The van der Waals surface area contributed by atoms with Gasteiger partial charge in [0, 0.05) is 17.8 Å². The molecule has 0 saturated heterocycles. The van der Waals surface area contributed by atoms with E-state index < -0.39 is 6.03 Å². The minimum Gasteiger partial charge on any atom is -0.351 e. The number of nitrogens with zero attached hydrogens (tertiary/aromatic N) is 3. The molecule has 0 bridgehead atoms. The summed E-state index contributed by atoms with van der Waals surface area (Å²) in [6, 6.07) is 12.6. The van der Waals surface area contributed by atoms with Crippen LogP contribution in [0.25, 0.3) is 10.9 Å². The molecule has 1 aromatic carbocycles. The minimum atomic E-state index is -0.561. The molecule has 22 heavy (non-hydrogen) atoms. The highest BCUT2D eigenvalue weighted by Gasteiger charge is 2.17. The highest BCUT2D eigenvalue weighted by Crippen LogP contribution is 2.26. The van der Waals surface area contributed by atoms with Crippen LogP contribution in [-0.2, 0) is 6.42 Å². The molecular formula is C17H16N4O. The van der Waals surface area contributed by atoms with Gasteiger partial charge >= 0.3 is 6.03 Å². The number of anilines is 2. The van der Waals surface area contributed by atoms with Crippen LogP contribution in [0.4, 0.5) is 16.3 Å². The Hall–Kier alpha value is -2.95. The first-order valence-corrected chi connectivity index (χ1v) is 7.08. The van der Waals surface area contributed by atoms with E-state index in [9.17, 15) is 4.79 Å². The summed E-state index contributed by atoms with van der Waals surface area (Å²) in [5.41, 5.74) is 8.19. The van der Waals surface area contributed by atoms with Crippen molar-refractivity contribution in [3.05, 3.63) is 60.4 Å². The topological polar surface area (TPSA) is 72.1 Å². The van der Waals surface area contributed by atoms with Gasteiger partial charge < -0.3 is 5.73 Å². The van der Waals surface area contributed by atoms with Gasteiger partial charge in [0.1, 0.15) is 5.82 Å². The predicted octanol–water partition coefficient (Wildman–Crippen LogP) is 3.41. The Morgan fingerprint density at radius 2 is 2.09 bits per heavy atom. The zero-order valence-corrected chi connectivity index (χ0v) is 12.2. The molecule has 5 nitrogen and oxygen atoms in total. The molecule has 0 unspecified atom stereocenters. The van der Waals surface area contributed by atoms with E-state index >= 15 is 0 Å². The molecule has 0 aliphatic rings. The van der Waals surface area contributed by atoms with Gasteiger partial charge in [-0.2, -0.15) is 0 Å². The molecule has 0 fully saturated rings. The SMILES string of the molecule is CCc1cccc(N(C(N)=O)c2ccc3cnccc3n2)c1. The van der Waals surface area contributed by atoms with Crippen LogP contribution in [0.5, 0.6) is 0 Å². The Kier molecular flexibility index (Phi) is 3.70. The molecule has 0 saturated carbocycles. The Balaban J connectivity index is 2.11. The Labute approximate surface area is 128 Å². The van der Waals surface area contributed by atoms with E-state index in [1.807, 2.05) is 30.3 Å². The largest absolute Gasteiger partial charge is 0.351 e. The number of aromatic nitrogens is 2. The molecule has 0 aliphatic carbocycles. The van der Waals surface area contributed by atoms with Gasteiger partial charge in [-0.1, -0.05) is 19.1 Å². The number of carbonyl (C=O) groups is 1. The van der Waals surface area contributed by atoms with E-state index in [0.29, 0.717) is 11.5 Å². The zero-order valence-electron chi connectivity index (χ0n) is 12.2. The summed E-state index contributed by atoms with van der Waals surface area (Å²) < 4.78 is 0. The number of carbonyl (C=O) groups excluding carboxylic acids is 1. The first-order chi connectivity index (χ1) is 10.7. The third-order valence-corrected chi connectivity index (χ3v) is 3.50. The zero-order chi connectivity index (χ0) is 15.5. The van der Waals surface area contributed by atoms with Gasteiger partial charge in [-0.05, 0) is 42.3 Å². The number of hydrogen-bond donors (Lipinski definition) is 1. The molecule has 3 aromatic rings. The first-order valence-electron chi connectivity index (χ1n) is 7.08. The van der Waals surface area contributed by atoms with E-state index in [-0.39, 0.29) is 0 Å². The molecule has 0 radical (unpaired) electrons. The Morgan fingerprint density at radius 1 is 1.23 bits per heavy atom. The van der Waals surface area contributed by atoms with Crippen molar-refractivity contribution >= 4 is 28.4 Å². The third-order valence-electron chi connectivity index (χ3n) is 3.50. The standard InChI is InChI=1S/C17H16N4O/c1-2-12-4-3-5-14(10-12)21(17(18)22)16-7-6-13-11-19-9-8-15(13)20-16/h3-11H,2H2,1H3,(H2,18,22). The van der Waals surface area contributed by atoms with Crippen molar-refractivity contribution in [2.45, 2.75) is 13.3 Å². The van der Waals surface area contributed by atoms with Crippen molar-refractivity contribution in [2.75, 3.05) is 4.90 Å². The molecule has 2 N–H and O–H groups in total. The molecule has 3 rings (SSSR count). The number of amides is 2. The van der Waals surface area contributed by atoms with Crippen LogP contribution in [0.15, 0.2) is 54.9 Å². The Morgan fingerprint density at radius 3 is 2.86 bits per heavy atom. The van der Waals surface area contributed by atoms with Crippen LogP contribution in [-0.4, -0.2) is 16.0 Å². The number of pyridine rings is 2. The van der Waals surface area contributed by atoms with Crippen molar-refractivity contribution in [3.8, 4) is 0 Å². The lowest BCUT2D eigenvalue weighted by Crippen LogP contribution is -2.32. The summed E-state index contributed by atoms with van der Waals surface area (Å²) in [7, 11) is 0. The number of rotatable bonds is 3. The monoisotopic (exact) mass is 292 g/mol. The summed E-state index contributed by atoms with van der Waals surface area (Å²) in [5.74, 6) is 0.499. The van der Waals surface area contributed by atoms with Crippen LogP contribution >= 0.6 is 0 Å². The number of fused-ring (bicyclic) bond motifs is 1. The van der Waals surface area contributed by atoms with E-state index in [4.69, 9.17) is 5.73 Å². The maximum absolute atomic E-state index is 11.9. The summed E-state index contributed by atoms with van der Waals surface area (Å²) in [6.45, 7) is 2.06. The number of benzene rings is 1. The van der Waals surface area contributed by atoms with Crippen molar-refractivity contribution < 1.29 is 4.79 Å². The fourth-order valence-electron chi connectivity index (χ4n) is 2.37. The summed E-state index contributed by atoms with van der Waals surface area (Å²) in [4.78, 5) is 21.9. The van der Waals surface area contributed by atoms with E-state index in [0.717, 1.165) is 22.9 Å². The predicted molar refractivity (Wildman–Crippen MR) is 87.1 cm³/mol. The maximum Gasteiger partial charge on any atom is 0.325 e. The number of urea groups is 1. The van der Waals surface area contributed by atoms with Crippen LogP contribution in [0.3, 0.4) is 0 Å². The first kappa shape index (κ1) is 14.0. The molecule has 2 heterocycles. The minimum absolute atomic E-state index is 0.499. The normalized spacial score (nSPS) is 10.6. The van der Waals surface area contributed by atoms with E-state index in [1.54, 1.807) is 24.5 Å². The quantitative estimate of drug-likeness (QED) is 0.804. The number of primary amides is 1. The second-order valence-electron chi connectivity index (χ2n) is 4.93. The highest BCUT2D eigenvalue weighted by atomic mass is 16.2. The van der Waals surface area contributed by atoms with Gasteiger partial charge in [0.15, 0.2) is 0 Å². The van der Waals surface area contributed by atoms with Crippen molar-refractivity contribution in [3.63, 3.8) is 0 Å². The van der Waals surface area contributed by atoms with Crippen molar-refractivity contribution in [2.24, 2.45) is 5.73 Å². The molecule has 110 valence electrons. The van der Waals surface area contributed by atoms with Crippen LogP contribution in [0.1, 0.15) is 12.5 Å². The van der Waals surface area contributed by atoms with Gasteiger partial charge in [0.2, 0.25) is 0 Å². The fraction of sp³-hybridized carbons (Fsp3) is 0.118. The van der Waals surface area contributed by atoms with Crippen LogP contribution in [0.2, 0.25) is 0 Å². The molecule has 0 atom stereocenters. The summed E-state index contributed by atoms with van der Waals surface area (Å²) >= 11 is 0. The van der Waals surface area contributed by atoms with Gasteiger partial charge in [-0.3, -0.25) is 4.98 Å². The van der Waals surface area contributed by atoms with Gasteiger partial charge in [-0.25, -0.2) is 14.7 Å². The lowest BCUT2D eigenvalue weighted by atomic mass is 10.1. The molecule has 0 aliphatic heterocycles. The van der Waals surface area contributed by atoms with E-state index in [1.165, 1.54) is 4.90 Å². The second-order valence-corrected chi connectivity index (χ2v) is 4.93. The average molecular weight is 292 g/mol. The lowest BCUT2D eigenvalue weighted by molar-refractivity contribution is 0.256. The Bertz CT molecular complexity index is 832. The van der Waals surface area contributed by atoms with Gasteiger partial charge in [0.25, 0.3) is 0 Å². The molecule has 2 aromatic heterocycles. The second kappa shape index (κ2) is 5.81. The fourth-order valence-corrected chi connectivity index (χ4v) is 2.37. The van der Waals surface area contributed by atoms with Crippen LogP contribution < -0.4 is 10.6 Å².